The van der Waals surface area contributed by atoms with Crippen molar-refractivity contribution in [1.82, 2.24) is 0 Å². The molecule has 3 rings (SSSR count). The summed E-state index contributed by atoms with van der Waals surface area (Å²) in [6, 6.07) is 16.7. The van der Waals surface area contributed by atoms with Crippen LogP contribution in [0, 0.1) is 0 Å². The molecule has 0 aliphatic heterocycles. The van der Waals surface area contributed by atoms with Gasteiger partial charge in [-0.3, -0.25) is 0 Å². The molecule has 262 valence electrons. The maximum absolute atomic E-state index is 12.7. The third kappa shape index (κ3) is 10.7. The van der Waals surface area contributed by atoms with Crippen molar-refractivity contribution in [3.63, 3.8) is 0 Å². The highest BCUT2D eigenvalue weighted by Gasteiger charge is 2.21. The Balaban J connectivity index is 1.96. The first-order valence-electron chi connectivity index (χ1n) is 14.9. The highest BCUT2D eigenvalue weighted by molar-refractivity contribution is 5.93. The van der Waals surface area contributed by atoms with Crippen LogP contribution < -0.4 is 18.9 Å². The summed E-state index contributed by atoms with van der Waals surface area (Å²) in [5.74, 6) is -3.17. The van der Waals surface area contributed by atoms with E-state index in [1.807, 2.05) is 0 Å². The lowest BCUT2D eigenvalue weighted by molar-refractivity contribution is -0.133. The summed E-state index contributed by atoms with van der Waals surface area (Å²) in [6.45, 7) is 14.4. The molecule has 0 spiro atoms. The van der Waals surface area contributed by atoms with Gasteiger partial charge in [0.05, 0.1) is 48.7 Å². The molecule has 0 saturated carbocycles. The molecule has 3 aromatic rings. The van der Waals surface area contributed by atoms with Gasteiger partial charge >= 0.3 is 23.9 Å². The molecule has 12 nitrogen and oxygen atoms in total. The average molecular weight is 687 g/mol. The second-order valence-electron chi connectivity index (χ2n) is 10.6. The molecule has 0 saturated heterocycles. The average Bonchev–Trinajstić information content (AvgIpc) is 3.10. The lowest BCUT2D eigenvalue weighted by Crippen LogP contribution is -2.17. The molecule has 0 fully saturated rings. The lowest BCUT2D eigenvalue weighted by atomic mass is 9.99. The molecule has 0 aliphatic rings. The number of ether oxygens (including phenoxy) is 8. The Morgan fingerprint density at radius 2 is 0.640 bits per heavy atom. The van der Waals surface area contributed by atoms with Crippen molar-refractivity contribution < 1.29 is 57.1 Å². The van der Waals surface area contributed by atoms with Gasteiger partial charge in [0.1, 0.15) is 0 Å². The van der Waals surface area contributed by atoms with Gasteiger partial charge in [0.2, 0.25) is 0 Å². The molecular weight excluding hydrogens is 648 g/mol. The summed E-state index contributed by atoms with van der Waals surface area (Å²) >= 11 is 0. The molecule has 0 atom stereocenters. The molecule has 0 N–H and O–H groups in total. The highest BCUT2D eigenvalue weighted by atomic mass is 16.6. The minimum atomic E-state index is -0.771. The fourth-order valence-corrected chi connectivity index (χ4v) is 4.18. The van der Waals surface area contributed by atoms with Crippen molar-refractivity contribution in [1.29, 1.82) is 0 Å². The van der Waals surface area contributed by atoms with E-state index in [4.69, 9.17) is 37.9 Å². The van der Waals surface area contributed by atoms with Crippen molar-refractivity contribution in [3.8, 4) is 45.3 Å². The van der Waals surface area contributed by atoms with Crippen molar-refractivity contribution in [2.75, 3.05) is 54.9 Å². The lowest BCUT2D eigenvalue weighted by Gasteiger charge is -2.15. The van der Waals surface area contributed by atoms with Gasteiger partial charge in [-0.15, -0.1) is 0 Å². The summed E-state index contributed by atoms with van der Waals surface area (Å²) in [7, 11) is 5.65. The monoisotopic (exact) mass is 686 g/mol. The normalized spacial score (nSPS) is 10.5. The third-order valence-electron chi connectivity index (χ3n) is 6.68. The Bertz CT molecular complexity index is 1660. The first-order chi connectivity index (χ1) is 23.9. The first kappa shape index (κ1) is 38.8. The van der Waals surface area contributed by atoms with Gasteiger partial charge in [-0.2, -0.15) is 0 Å². The van der Waals surface area contributed by atoms with Crippen molar-refractivity contribution >= 4 is 23.9 Å². The zero-order chi connectivity index (χ0) is 36.8. The second-order valence-corrected chi connectivity index (χ2v) is 10.6. The fraction of sp³-hybridized carbons (Fsp3) is 0.211. The van der Waals surface area contributed by atoms with Crippen LogP contribution in [0.1, 0.15) is 0 Å². The molecule has 3 aromatic carbocycles. The zero-order valence-electron chi connectivity index (χ0n) is 28.3. The van der Waals surface area contributed by atoms with E-state index < -0.39 is 23.9 Å². The van der Waals surface area contributed by atoms with E-state index in [0.29, 0.717) is 22.3 Å². The number of hydrogen-bond donors (Lipinski definition) is 0. The SMILES string of the molecule is C=C(COC)C(=O)Oc1ccc(-c2ccc(-c3ccc(OC(=O)C(=C)COC)c(OC(=O)C(=C)COC)c3)cc2)cc1OC(=O)C(=C)COC. The summed E-state index contributed by atoms with van der Waals surface area (Å²) in [5.41, 5.74) is 2.91. The number of methoxy groups -OCH3 is 4. The molecule has 0 radical (unpaired) electrons. The van der Waals surface area contributed by atoms with Crippen molar-refractivity contribution in [2.45, 2.75) is 0 Å². The van der Waals surface area contributed by atoms with E-state index >= 15 is 0 Å². The third-order valence-corrected chi connectivity index (χ3v) is 6.68. The Kier molecular flexibility index (Phi) is 14.6. The van der Waals surface area contributed by atoms with Crippen LogP contribution >= 0.6 is 0 Å². The van der Waals surface area contributed by atoms with Crippen molar-refractivity contribution in [3.05, 3.63) is 109 Å². The largest absolute Gasteiger partial charge is 0.419 e. The first-order valence-corrected chi connectivity index (χ1v) is 14.9. The fourth-order valence-electron chi connectivity index (χ4n) is 4.18. The molecule has 12 heteroatoms. The second kappa shape index (κ2) is 18.8. The maximum Gasteiger partial charge on any atom is 0.341 e. The van der Waals surface area contributed by atoms with Crippen LogP contribution in [0.15, 0.2) is 109 Å². The Morgan fingerprint density at radius 3 is 0.900 bits per heavy atom. The van der Waals surface area contributed by atoms with E-state index in [-0.39, 0.29) is 71.7 Å². The summed E-state index contributed by atoms with van der Waals surface area (Å²) in [4.78, 5) is 50.4. The predicted octanol–water partition coefficient (Wildman–Crippen LogP) is 5.45. The van der Waals surface area contributed by atoms with E-state index in [0.717, 1.165) is 0 Å². The van der Waals surface area contributed by atoms with E-state index in [1.54, 1.807) is 48.5 Å². The van der Waals surface area contributed by atoms with Gasteiger partial charge in [0.25, 0.3) is 0 Å². The zero-order valence-corrected chi connectivity index (χ0v) is 28.3. The smallest absolute Gasteiger partial charge is 0.341 e. The van der Waals surface area contributed by atoms with E-state index in [9.17, 15) is 19.2 Å². The Labute approximate surface area is 290 Å². The van der Waals surface area contributed by atoms with Gasteiger partial charge in [0, 0.05) is 28.4 Å². The number of benzene rings is 3. The number of esters is 4. The molecule has 50 heavy (non-hydrogen) atoms. The standard InChI is InChI=1S/C38H38O12/c1-23(19-43-5)35(39)47-31-15-13-29(17-33(31)49-37(41)25(3)21-45-7)27-9-11-28(12-10-27)30-14-16-32(48-36(40)24(2)20-44-6)34(18-30)50-38(42)26(4)22-46-8/h9-18H,1-4,19-22H2,5-8H3. The van der Waals surface area contributed by atoms with E-state index in [1.165, 1.54) is 40.6 Å². The van der Waals surface area contributed by atoms with Crippen molar-refractivity contribution in [2.24, 2.45) is 0 Å². The number of hydrogen-bond acceptors (Lipinski definition) is 12. The van der Waals surface area contributed by atoms with Gasteiger partial charge in [0.15, 0.2) is 23.0 Å². The van der Waals surface area contributed by atoms with Gasteiger partial charge in [-0.05, 0) is 46.5 Å². The Morgan fingerprint density at radius 1 is 0.400 bits per heavy atom. The minimum absolute atomic E-state index is 0.0203. The summed E-state index contributed by atoms with van der Waals surface area (Å²) in [5, 5.41) is 0. The number of carbonyl (C=O) groups is 4. The van der Waals surface area contributed by atoms with Crippen LogP contribution in [0.25, 0.3) is 22.3 Å². The molecule has 0 heterocycles. The molecule has 0 amide bonds. The molecule has 0 unspecified atom stereocenters. The van der Waals surface area contributed by atoms with Gasteiger partial charge in [-0.25, -0.2) is 19.2 Å². The van der Waals surface area contributed by atoms with Crippen LogP contribution in [0.2, 0.25) is 0 Å². The minimum Gasteiger partial charge on any atom is -0.419 e. The van der Waals surface area contributed by atoms with Crippen LogP contribution in [-0.4, -0.2) is 78.7 Å². The molecule has 0 bridgehead atoms. The van der Waals surface area contributed by atoms with Crippen LogP contribution in [0.3, 0.4) is 0 Å². The maximum atomic E-state index is 12.7. The predicted molar refractivity (Wildman–Crippen MR) is 184 cm³/mol. The van der Waals surface area contributed by atoms with Crippen LogP contribution in [-0.2, 0) is 38.1 Å². The Hall–Kier alpha value is -5.66. The summed E-state index contributed by atoms with van der Waals surface area (Å²) in [6.07, 6.45) is 0. The van der Waals surface area contributed by atoms with Crippen LogP contribution in [0.4, 0.5) is 0 Å². The number of rotatable bonds is 18. The van der Waals surface area contributed by atoms with E-state index in [2.05, 4.69) is 26.3 Å². The van der Waals surface area contributed by atoms with Gasteiger partial charge in [-0.1, -0.05) is 62.7 Å². The molecule has 0 aliphatic carbocycles. The summed E-state index contributed by atoms with van der Waals surface area (Å²) < 4.78 is 41.8. The topological polar surface area (TPSA) is 142 Å². The quantitative estimate of drug-likeness (QED) is 0.0954. The molecule has 0 aromatic heterocycles. The highest BCUT2D eigenvalue weighted by Crippen LogP contribution is 2.37. The molecular formula is C38H38O12. The van der Waals surface area contributed by atoms with Gasteiger partial charge < -0.3 is 37.9 Å². The van der Waals surface area contributed by atoms with Crippen LogP contribution in [0.5, 0.6) is 23.0 Å². The number of carbonyl (C=O) groups excluding carboxylic acids is 4.